The summed E-state index contributed by atoms with van der Waals surface area (Å²) in [5.41, 5.74) is -1.96. The van der Waals surface area contributed by atoms with Crippen LogP contribution in [0.5, 0.6) is 0 Å². The molecule has 2 rings (SSSR count). The van der Waals surface area contributed by atoms with E-state index in [9.17, 15) is 19.0 Å². The summed E-state index contributed by atoms with van der Waals surface area (Å²) in [6.07, 6.45) is 1.69. The zero-order chi connectivity index (χ0) is 10.4. The maximum atomic E-state index is 13.1. The summed E-state index contributed by atoms with van der Waals surface area (Å²) in [6.45, 7) is -0.320. The molecule has 82 valence electrons. The van der Waals surface area contributed by atoms with Crippen molar-refractivity contribution in [2.75, 3.05) is 6.61 Å². The molecule has 2 aliphatic rings. The number of aliphatic hydroxyl groups is 2. The summed E-state index contributed by atoms with van der Waals surface area (Å²) >= 11 is 0. The highest BCUT2D eigenvalue weighted by molar-refractivity contribution is 5.09. The average Bonchev–Trinajstić information content (AvgIpc) is 2.39. The molecule has 0 amide bonds. The minimum absolute atomic E-state index is 0.199. The third-order valence-corrected chi connectivity index (χ3v) is 4.04. The molecule has 2 nitrogen and oxygen atoms in total. The van der Waals surface area contributed by atoms with Crippen LogP contribution >= 0.6 is 0 Å². The summed E-state index contributed by atoms with van der Waals surface area (Å²) in [4.78, 5) is 0. The zero-order valence-electron chi connectivity index (χ0n) is 8.10. The monoisotopic (exact) mass is 206 g/mol. The van der Waals surface area contributed by atoms with Gasteiger partial charge in [-0.3, -0.25) is 0 Å². The summed E-state index contributed by atoms with van der Waals surface area (Å²) in [5.74, 6) is -2.70. The van der Waals surface area contributed by atoms with Crippen molar-refractivity contribution < 1.29 is 19.0 Å². The molecule has 0 spiro atoms. The molecule has 0 radical (unpaired) electrons. The number of hydrogen-bond acceptors (Lipinski definition) is 2. The zero-order valence-corrected chi connectivity index (χ0v) is 8.10. The molecule has 0 aliphatic heterocycles. The quantitative estimate of drug-likeness (QED) is 0.722. The molecule has 2 aliphatic carbocycles. The summed E-state index contributed by atoms with van der Waals surface area (Å²) in [5, 5.41) is 19.4. The fraction of sp³-hybridized carbons (Fsp3) is 1.00. The Labute approximate surface area is 81.9 Å². The minimum atomic E-state index is -2.70. The number of aliphatic hydroxyl groups excluding tert-OH is 1. The van der Waals surface area contributed by atoms with Crippen LogP contribution in [0.2, 0.25) is 0 Å². The van der Waals surface area contributed by atoms with Crippen molar-refractivity contribution in [3.05, 3.63) is 0 Å². The first-order valence-corrected chi connectivity index (χ1v) is 5.14. The van der Waals surface area contributed by atoms with E-state index in [0.717, 1.165) is 6.42 Å². The molecule has 0 aromatic heterocycles. The van der Waals surface area contributed by atoms with Crippen LogP contribution in [0.4, 0.5) is 8.78 Å². The molecule has 2 fully saturated rings. The molecule has 0 saturated heterocycles. The fourth-order valence-electron chi connectivity index (χ4n) is 2.82. The van der Waals surface area contributed by atoms with Gasteiger partial charge in [0.1, 0.15) is 0 Å². The van der Waals surface area contributed by atoms with Crippen LogP contribution in [0.25, 0.3) is 0 Å². The lowest BCUT2D eigenvalue weighted by Gasteiger charge is -2.50. The molecule has 14 heavy (non-hydrogen) atoms. The molecule has 0 bridgehead atoms. The number of hydrogen-bond donors (Lipinski definition) is 2. The number of alkyl halides is 2. The third-order valence-electron chi connectivity index (χ3n) is 4.04. The van der Waals surface area contributed by atoms with Crippen LogP contribution in [0, 0.1) is 5.41 Å². The molecule has 2 saturated carbocycles. The van der Waals surface area contributed by atoms with E-state index < -0.39 is 16.9 Å². The maximum absolute atomic E-state index is 13.1. The second-order valence-electron chi connectivity index (χ2n) is 4.86. The van der Waals surface area contributed by atoms with Crippen molar-refractivity contribution in [2.45, 2.75) is 50.0 Å². The van der Waals surface area contributed by atoms with E-state index in [1.165, 1.54) is 0 Å². The second kappa shape index (κ2) is 2.89. The van der Waals surface area contributed by atoms with Crippen LogP contribution < -0.4 is 0 Å². The lowest BCUT2D eigenvalue weighted by Crippen LogP contribution is -2.54. The van der Waals surface area contributed by atoms with Crippen molar-refractivity contribution in [3.8, 4) is 0 Å². The predicted octanol–water partition coefficient (Wildman–Crippen LogP) is 1.70. The van der Waals surface area contributed by atoms with Crippen LogP contribution in [-0.2, 0) is 0 Å². The largest absolute Gasteiger partial charge is 0.396 e. The molecule has 2 N–H and O–H groups in total. The van der Waals surface area contributed by atoms with Crippen LogP contribution in [0.1, 0.15) is 38.5 Å². The first kappa shape index (κ1) is 10.3. The molecule has 1 atom stereocenters. The van der Waals surface area contributed by atoms with Gasteiger partial charge in [0.15, 0.2) is 0 Å². The smallest absolute Gasteiger partial charge is 0.248 e. The Kier molecular flexibility index (Phi) is 2.13. The molecule has 0 heterocycles. The first-order valence-electron chi connectivity index (χ1n) is 5.14. The van der Waals surface area contributed by atoms with E-state index in [0.29, 0.717) is 12.8 Å². The van der Waals surface area contributed by atoms with Gasteiger partial charge in [0, 0.05) is 18.3 Å². The highest BCUT2D eigenvalue weighted by Gasteiger charge is 2.61. The summed E-state index contributed by atoms with van der Waals surface area (Å²) in [7, 11) is 0. The van der Waals surface area contributed by atoms with Crippen molar-refractivity contribution in [2.24, 2.45) is 5.41 Å². The Morgan fingerprint density at radius 3 is 2.00 bits per heavy atom. The Balaban J connectivity index is 2.19. The Hall–Kier alpha value is -0.220. The van der Waals surface area contributed by atoms with E-state index in [-0.39, 0.29) is 25.9 Å². The minimum Gasteiger partial charge on any atom is -0.396 e. The molecule has 0 aromatic rings. The van der Waals surface area contributed by atoms with Gasteiger partial charge >= 0.3 is 0 Å². The highest BCUT2D eigenvalue weighted by atomic mass is 19.3. The van der Waals surface area contributed by atoms with Crippen molar-refractivity contribution in [1.82, 2.24) is 0 Å². The van der Waals surface area contributed by atoms with E-state index in [2.05, 4.69) is 0 Å². The Morgan fingerprint density at radius 2 is 1.71 bits per heavy atom. The Bertz CT molecular complexity index is 238. The number of halogens is 2. The van der Waals surface area contributed by atoms with Gasteiger partial charge in [0.2, 0.25) is 5.92 Å². The number of rotatable bonds is 2. The van der Waals surface area contributed by atoms with E-state index >= 15 is 0 Å². The lowest BCUT2D eigenvalue weighted by atomic mass is 9.60. The van der Waals surface area contributed by atoms with Crippen molar-refractivity contribution in [3.63, 3.8) is 0 Å². The molecule has 0 aromatic carbocycles. The van der Waals surface area contributed by atoms with Gasteiger partial charge in [-0.1, -0.05) is 0 Å². The standard InChI is InChI=1S/C10H16F2O2/c11-10(12)5-4-8(6-10,7-13)9(14)2-1-3-9/h13-14H,1-7H2. The maximum Gasteiger partial charge on any atom is 0.248 e. The first-order chi connectivity index (χ1) is 6.43. The lowest BCUT2D eigenvalue weighted by molar-refractivity contribution is -0.166. The van der Waals surface area contributed by atoms with Gasteiger partial charge in [0.05, 0.1) is 12.2 Å². The Morgan fingerprint density at radius 1 is 1.07 bits per heavy atom. The summed E-state index contributed by atoms with van der Waals surface area (Å²) < 4.78 is 26.2. The second-order valence-corrected chi connectivity index (χ2v) is 4.86. The fourth-order valence-corrected chi connectivity index (χ4v) is 2.82. The highest BCUT2D eigenvalue weighted by Crippen LogP contribution is 2.58. The van der Waals surface area contributed by atoms with E-state index in [1.54, 1.807) is 0 Å². The van der Waals surface area contributed by atoms with Crippen molar-refractivity contribution in [1.29, 1.82) is 0 Å². The van der Waals surface area contributed by atoms with Gasteiger partial charge < -0.3 is 10.2 Å². The topological polar surface area (TPSA) is 40.5 Å². The third kappa shape index (κ3) is 1.27. The van der Waals surface area contributed by atoms with Gasteiger partial charge in [-0.05, 0) is 25.7 Å². The van der Waals surface area contributed by atoms with Gasteiger partial charge in [0.25, 0.3) is 0 Å². The predicted molar refractivity (Wildman–Crippen MR) is 47.1 cm³/mol. The van der Waals surface area contributed by atoms with E-state index in [1.807, 2.05) is 0 Å². The normalized spacial score (nSPS) is 39.4. The van der Waals surface area contributed by atoms with E-state index in [4.69, 9.17) is 0 Å². The summed E-state index contributed by atoms with van der Waals surface area (Å²) in [6, 6.07) is 0. The molecular weight excluding hydrogens is 190 g/mol. The van der Waals surface area contributed by atoms with Gasteiger partial charge in [-0.15, -0.1) is 0 Å². The van der Waals surface area contributed by atoms with Crippen molar-refractivity contribution >= 4 is 0 Å². The molecule has 1 unspecified atom stereocenters. The SMILES string of the molecule is OCC1(C2(O)CCC2)CCC(F)(F)C1. The molecular formula is C10H16F2O2. The van der Waals surface area contributed by atoms with Gasteiger partial charge in [-0.2, -0.15) is 0 Å². The van der Waals surface area contributed by atoms with Gasteiger partial charge in [-0.25, -0.2) is 8.78 Å². The molecule has 4 heteroatoms. The van der Waals surface area contributed by atoms with Crippen LogP contribution in [0.15, 0.2) is 0 Å². The van der Waals surface area contributed by atoms with Crippen LogP contribution in [0.3, 0.4) is 0 Å². The van der Waals surface area contributed by atoms with Crippen LogP contribution in [-0.4, -0.2) is 28.3 Å². The average molecular weight is 206 g/mol.